The number of nitro groups is 2. The predicted octanol–water partition coefficient (Wildman–Crippen LogP) is -1.79. The number of para-hydroxylation sites is 1. The topological polar surface area (TPSA) is 203 Å². The molecule has 0 aromatic heterocycles. The number of ether oxygens (including phenoxy) is 2. The molecule has 5 atom stereocenters. The quantitative estimate of drug-likeness (QED) is 0.204. The molecule has 136 valence electrons. The van der Waals surface area contributed by atoms with Crippen molar-refractivity contribution >= 4 is 17.3 Å². The molecular formula is C12H12N2O11. The normalized spacial score (nSPS) is 29.0. The number of nitro benzene ring substituents is 2. The Balaban J connectivity index is 2.31. The minimum atomic E-state index is -2.03. The number of hydrogen-bond donors (Lipinski definition) is 4. The van der Waals surface area contributed by atoms with Crippen molar-refractivity contribution in [2.45, 2.75) is 30.7 Å². The van der Waals surface area contributed by atoms with E-state index in [1.165, 1.54) is 0 Å². The van der Waals surface area contributed by atoms with E-state index in [1.807, 2.05) is 0 Å². The average molecular weight is 360 g/mol. The lowest BCUT2D eigenvalue weighted by Crippen LogP contribution is -2.60. The Labute approximate surface area is 137 Å². The van der Waals surface area contributed by atoms with Gasteiger partial charge in [-0.15, -0.1) is 0 Å². The van der Waals surface area contributed by atoms with Crippen LogP contribution in [0.15, 0.2) is 18.2 Å². The summed E-state index contributed by atoms with van der Waals surface area (Å²) >= 11 is 0. The zero-order valence-corrected chi connectivity index (χ0v) is 12.2. The van der Waals surface area contributed by atoms with Crippen LogP contribution in [0.25, 0.3) is 0 Å². The first kappa shape index (κ1) is 18.6. The number of nitrogens with zero attached hydrogens (tertiary/aromatic N) is 2. The number of esters is 1. The number of carbonyl (C=O) groups is 1. The van der Waals surface area contributed by atoms with Crippen LogP contribution in [0, 0.1) is 20.2 Å². The van der Waals surface area contributed by atoms with Crippen molar-refractivity contribution < 1.29 is 44.5 Å². The molecule has 0 bridgehead atoms. The molecule has 13 nitrogen and oxygen atoms in total. The van der Waals surface area contributed by atoms with Gasteiger partial charge in [0.15, 0.2) is 12.4 Å². The molecule has 0 saturated carbocycles. The molecule has 1 aliphatic heterocycles. The highest BCUT2D eigenvalue weighted by molar-refractivity contribution is 5.80. The maximum absolute atomic E-state index is 12.0. The van der Waals surface area contributed by atoms with Gasteiger partial charge < -0.3 is 29.9 Å². The summed E-state index contributed by atoms with van der Waals surface area (Å²) in [7, 11) is 0. The molecule has 1 fully saturated rings. The van der Waals surface area contributed by atoms with Crippen LogP contribution in [0.1, 0.15) is 0 Å². The highest BCUT2D eigenvalue weighted by atomic mass is 16.7. The SMILES string of the molecule is O=C(Oc1cccc([N+](=O)[O-])c1[N+](=O)[O-])[C@H]1O[C@@H](O)[C@H](O)[C@@H](O)[C@@H]1O. The first-order chi connectivity index (χ1) is 11.6. The van der Waals surface area contributed by atoms with E-state index >= 15 is 0 Å². The minimum Gasteiger partial charge on any atom is -0.417 e. The average Bonchev–Trinajstić information content (AvgIpc) is 2.55. The number of benzene rings is 1. The fourth-order valence-electron chi connectivity index (χ4n) is 2.15. The second-order valence-corrected chi connectivity index (χ2v) is 4.98. The highest BCUT2D eigenvalue weighted by Crippen LogP contribution is 2.36. The predicted molar refractivity (Wildman–Crippen MR) is 74.3 cm³/mol. The van der Waals surface area contributed by atoms with Crippen LogP contribution >= 0.6 is 0 Å². The van der Waals surface area contributed by atoms with Gasteiger partial charge in [-0.25, -0.2) is 4.79 Å². The third kappa shape index (κ3) is 3.54. The molecule has 2 rings (SSSR count). The Morgan fingerprint density at radius 1 is 1.04 bits per heavy atom. The van der Waals surface area contributed by atoms with Crippen molar-refractivity contribution in [1.29, 1.82) is 0 Å². The van der Waals surface area contributed by atoms with Crippen LogP contribution < -0.4 is 4.74 Å². The molecule has 1 aromatic rings. The van der Waals surface area contributed by atoms with Crippen molar-refractivity contribution in [3.63, 3.8) is 0 Å². The van der Waals surface area contributed by atoms with Gasteiger partial charge in [0.1, 0.15) is 18.3 Å². The summed E-state index contributed by atoms with van der Waals surface area (Å²) in [6.07, 6.45) is -9.89. The van der Waals surface area contributed by atoms with E-state index in [9.17, 15) is 45.4 Å². The Morgan fingerprint density at radius 3 is 2.24 bits per heavy atom. The number of rotatable bonds is 4. The number of aliphatic hydroxyl groups is 4. The number of hydrogen-bond acceptors (Lipinski definition) is 11. The van der Waals surface area contributed by atoms with E-state index in [0.717, 1.165) is 18.2 Å². The fourth-order valence-corrected chi connectivity index (χ4v) is 2.15. The van der Waals surface area contributed by atoms with Crippen molar-refractivity contribution in [2.75, 3.05) is 0 Å². The molecule has 0 spiro atoms. The maximum atomic E-state index is 12.0. The maximum Gasteiger partial charge on any atom is 0.388 e. The lowest BCUT2D eigenvalue weighted by Gasteiger charge is -2.36. The van der Waals surface area contributed by atoms with E-state index in [1.54, 1.807) is 0 Å². The van der Waals surface area contributed by atoms with Crippen LogP contribution in [0.3, 0.4) is 0 Å². The summed E-state index contributed by atoms with van der Waals surface area (Å²) in [6, 6.07) is 2.75. The van der Waals surface area contributed by atoms with Gasteiger partial charge in [-0.3, -0.25) is 20.2 Å². The summed E-state index contributed by atoms with van der Waals surface area (Å²) in [5, 5.41) is 59.8. The Morgan fingerprint density at radius 2 is 1.68 bits per heavy atom. The number of aliphatic hydroxyl groups excluding tert-OH is 4. The van der Waals surface area contributed by atoms with Gasteiger partial charge in [-0.2, -0.15) is 0 Å². The van der Waals surface area contributed by atoms with Crippen molar-refractivity contribution in [3.05, 3.63) is 38.4 Å². The van der Waals surface area contributed by atoms with Crippen LogP contribution in [-0.2, 0) is 9.53 Å². The summed E-state index contributed by atoms with van der Waals surface area (Å²) in [5.41, 5.74) is -2.04. The van der Waals surface area contributed by atoms with Crippen LogP contribution in [-0.4, -0.2) is 66.9 Å². The molecule has 0 amide bonds. The van der Waals surface area contributed by atoms with E-state index in [2.05, 4.69) is 9.47 Å². The molecule has 0 unspecified atom stereocenters. The largest absolute Gasteiger partial charge is 0.417 e. The molecule has 1 heterocycles. The van der Waals surface area contributed by atoms with Gasteiger partial charge in [-0.05, 0) is 6.07 Å². The van der Waals surface area contributed by atoms with Crippen LogP contribution in [0.4, 0.5) is 11.4 Å². The smallest absolute Gasteiger partial charge is 0.388 e. The minimum absolute atomic E-state index is 0.796. The highest BCUT2D eigenvalue weighted by Gasteiger charge is 2.47. The zero-order valence-electron chi connectivity index (χ0n) is 12.2. The van der Waals surface area contributed by atoms with Crippen LogP contribution in [0.2, 0.25) is 0 Å². The second-order valence-electron chi connectivity index (χ2n) is 4.98. The third-order valence-corrected chi connectivity index (χ3v) is 3.39. The van der Waals surface area contributed by atoms with Gasteiger partial charge >= 0.3 is 17.3 Å². The Hall–Kier alpha value is -2.71. The molecule has 4 N–H and O–H groups in total. The van der Waals surface area contributed by atoms with Gasteiger partial charge in [0.25, 0.3) is 0 Å². The summed E-state index contributed by atoms with van der Waals surface area (Å²) in [6.45, 7) is 0. The molecular weight excluding hydrogens is 348 g/mol. The lowest BCUT2D eigenvalue weighted by molar-refractivity contribution is -0.423. The van der Waals surface area contributed by atoms with Gasteiger partial charge in [0, 0.05) is 6.07 Å². The van der Waals surface area contributed by atoms with E-state index in [0.29, 0.717) is 0 Å². The standard InChI is InChI=1S/C12H12N2O11/c15-7-8(16)10(25-11(18)9(7)17)12(19)24-5-3-1-2-4(13(20)21)6(5)14(22)23/h1-3,7-11,15-18H/t7-,8-,9+,10-,11+/m0/s1. The first-order valence-corrected chi connectivity index (χ1v) is 6.66. The molecule has 0 aliphatic carbocycles. The summed E-state index contributed by atoms with van der Waals surface area (Å²) in [5.74, 6) is -2.27. The summed E-state index contributed by atoms with van der Waals surface area (Å²) < 4.78 is 9.28. The Bertz CT molecular complexity index is 708. The molecule has 1 aliphatic rings. The molecule has 13 heteroatoms. The van der Waals surface area contributed by atoms with Crippen molar-refractivity contribution in [3.8, 4) is 5.75 Å². The van der Waals surface area contributed by atoms with Gasteiger partial charge in [0.2, 0.25) is 5.75 Å². The molecule has 1 aromatic carbocycles. The van der Waals surface area contributed by atoms with E-state index < -0.39 is 63.6 Å². The van der Waals surface area contributed by atoms with Gasteiger partial charge in [0.05, 0.1) is 9.85 Å². The number of carbonyl (C=O) groups excluding carboxylic acids is 1. The third-order valence-electron chi connectivity index (χ3n) is 3.39. The monoisotopic (exact) mass is 360 g/mol. The molecule has 25 heavy (non-hydrogen) atoms. The van der Waals surface area contributed by atoms with Crippen molar-refractivity contribution in [2.24, 2.45) is 0 Å². The first-order valence-electron chi connectivity index (χ1n) is 6.66. The summed E-state index contributed by atoms with van der Waals surface area (Å²) in [4.78, 5) is 31.7. The molecule has 0 radical (unpaired) electrons. The van der Waals surface area contributed by atoms with Gasteiger partial charge in [-0.1, -0.05) is 6.07 Å². The van der Waals surface area contributed by atoms with Crippen LogP contribution in [0.5, 0.6) is 5.75 Å². The zero-order chi connectivity index (χ0) is 18.9. The fraction of sp³-hybridized carbons (Fsp3) is 0.417. The van der Waals surface area contributed by atoms with E-state index in [-0.39, 0.29) is 0 Å². The Kier molecular flexibility index (Phi) is 5.24. The lowest BCUT2D eigenvalue weighted by atomic mass is 9.99. The molecule has 1 saturated heterocycles. The van der Waals surface area contributed by atoms with E-state index in [4.69, 9.17) is 0 Å². The van der Waals surface area contributed by atoms with Crippen molar-refractivity contribution in [1.82, 2.24) is 0 Å². The second kappa shape index (κ2) is 7.04.